The third-order valence-electron chi connectivity index (χ3n) is 3.64. The Bertz CT molecular complexity index is 350. The van der Waals surface area contributed by atoms with Gasteiger partial charge in [0.15, 0.2) is 0 Å². The van der Waals surface area contributed by atoms with Gasteiger partial charge in [-0.2, -0.15) is 0 Å². The number of sulfone groups is 1. The van der Waals surface area contributed by atoms with Crippen LogP contribution >= 0.6 is 0 Å². The van der Waals surface area contributed by atoms with Gasteiger partial charge in [-0.1, -0.05) is 6.92 Å². The van der Waals surface area contributed by atoms with Gasteiger partial charge in [0.1, 0.15) is 9.84 Å². The highest BCUT2D eigenvalue weighted by molar-refractivity contribution is 7.90. The van der Waals surface area contributed by atoms with Crippen LogP contribution in [0.2, 0.25) is 0 Å². The number of rotatable bonds is 4. The summed E-state index contributed by atoms with van der Waals surface area (Å²) in [6, 6.07) is 0. The van der Waals surface area contributed by atoms with Crippen molar-refractivity contribution in [3.8, 4) is 0 Å². The fraction of sp³-hybridized carbons (Fsp3) is 0.909. The largest absolute Gasteiger partial charge is 0.481 e. The molecule has 1 N–H and O–H groups in total. The molecule has 94 valence electrons. The molecule has 1 fully saturated rings. The Labute approximate surface area is 97.0 Å². The molecule has 0 saturated heterocycles. The zero-order valence-electron chi connectivity index (χ0n) is 9.90. The maximum absolute atomic E-state index is 11.3. The SMILES string of the molecule is CC1CCC(CCS(C)(=O)=O)(C(=O)O)CC1. The van der Waals surface area contributed by atoms with E-state index in [4.69, 9.17) is 0 Å². The van der Waals surface area contributed by atoms with Crippen LogP contribution in [0.15, 0.2) is 0 Å². The standard InChI is InChI=1S/C11H20O4S/c1-9-3-5-11(6-4-9,10(12)13)7-8-16(2,14)15/h9H,3-8H2,1-2H3,(H,12,13). The van der Waals surface area contributed by atoms with Gasteiger partial charge in [-0.15, -0.1) is 0 Å². The molecule has 0 radical (unpaired) electrons. The first-order valence-corrected chi connectivity index (χ1v) is 7.72. The number of carboxylic acids is 1. The summed E-state index contributed by atoms with van der Waals surface area (Å²) in [5.74, 6) is -0.290. The van der Waals surface area contributed by atoms with Crippen molar-refractivity contribution < 1.29 is 18.3 Å². The molecule has 0 amide bonds. The van der Waals surface area contributed by atoms with Crippen molar-refractivity contribution in [2.45, 2.75) is 39.0 Å². The van der Waals surface area contributed by atoms with Crippen LogP contribution < -0.4 is 0 Å². The molecule has 0 aromatic carbocycles. The molecule has 0 aliphatic heterocycles. The van der Waals surface area contributed by atoms with E-state index < -0.39 is 21.2 Å². The van der Waals surface area contributed by atoms with Gasteiger partial charge in [0.25, 0.3) is 0 Å². The lowest BCUT2D eigenvalue weighted by Crippen LogP contribution is -2.36. The maximum Gasteiger partial charge on any atom is 0.309 e. The van der Waals surface area contributed by atoms with Crippen LogP contribution in [0, 0.1) is 11.3 Å². The predicted molar refractivity (Wildman–Crippen MR) is 62.0 cm³/mol. The molecule has 0 heterocycles. The van der Waals surface area contributed by atoms with E-state index in [1.807, 2.05) is 0 Å². The Morgan fingerprint density at radius 2 is 1.88 bits per heavy atom. The van der Waals surface area contributed by atoms with Crippen molar-refractivity contribution in [1.29, 1.82) is 0 Å². The lowest BCUT2D eigenvalue weighted by Gasteiger charge is -2.35. The summed E-state index contributed by atoms with van der Waals surface area (Å²) < 4.78 is 22.2. The zero-order valence-corrected chi connectivity index (χ0v) is 10.7. The van der Waals surface area contributed by atoms with Crippen LogP contribution in [0.4, 0.5) is 0 Å². The Morgan fingerprint density at radius 3 is 2.25 bits per heavy atom. The van der Waals surface area contributed by atoms with Gasteiger partial charge in [-0.25, -0.2) is 8.42 Å². The molecule has 1 saturated carbocycles. The Hall–Kier alpha value is -0.580. The molecule has 0 bridgehead atoms. The predicted octanol–water partition coefficient (Wildman–Crippen LogP) is 1.70. The highest BCUT2D eigenvalue weighted by atomic mass is 32.2. The molecule has 5 heteroatoms. The molecule has 1 aliphatic rings. The van der Waals surface area contributed by atoms with Gasteiger partial charge < -0.3 is 5.11 Å². The summed E-state index contributed by atoms with van der Waals surface area (Å²) in [5.41, 5.74) is -0.796. The Balaban J connectivity index is 2.71. The third-order valence-corrected chi connectivity index (χ3v) is 4.58. The highest BCUT2D eigenvalue weighted by Gasteiger charge is 2.41. The number of hydrogen-bond acceptors (Lipinski definition) is 3. The minimum Gasteiger partial charge on any atom is -0.481 e. The molecule has 0 aromatic heterocycles. The van der Waals surface area contributed by atoms with E-state index in [-0.39, 0.29) is 12.2 Å². The lowest BCUT2D eigenvalue weighted by molar-refractivity contribution is -0.151. The van der Waals surface area contributed by atoms with Crippen LogP contribution in [0.5, 0.6) is 0 Å². The van der Waals surface area contributed by atoms with Crippen LogP contribution in [0.3, 0.4) is 0 Å². The summed E-state index contributed by atoms with van der Waals surface area (Å²) >= 11 is 0. The van der Waals surface area contributed by atoms with Crippen LogP contribution in [0.1, 0.15) is 39.0 Å². The van der Waals surface area contributed by atoms with Crippen molar-refractivity contribution in [1.82, 2.24) is 0 Å². The topological polar surface area (TPSA) is 71.4 Å². The number of carboxylic acid groups (broad SMARTS) is 1. The van der Waals surface area contributed by atoms with E-state index in [0.29, 0.717) is 18.8 Å². The molecule has 0 atom stereocenters. The first-order valence-electron chi connectivity index (χ1n) is 5.66. The molecule has 0 aromatic rings. The average molecular weight is 248 g/mol. The summed E-state index contributed by atoms with van der Waals surface area (Å²) in [6.45, 7) is 2.11. The van der Waals surface area contributed by atoms with Crippen molar-refractivity contribution in [2.75, 3.05) is 12.0 Å². The van der Waals surface area contributed by atoms with Gasteiger partial charge in [0, 0.05) is 6.26 Å². The second kappa shape index (κ2) is 4.73. The molecule has 1 rings (SSSR count). The van der Waals surface area contributed by atoms with E-state index in [9.17, 15) is 18.3 Å². The van der Waals surface area contributed by atoms with Gasteiger partial charge >= 0.3 is 5.97 Å². The molecule has 1 aliphatic carbocycles. The van der Waals surface area contributed by atoms with Gasteiger partial charge in [0.05, 0.1) is 11.2 Å². The van der Waals surface area contributed by atoms with Crippen LogP contribution in [-0.2, 0) is 14.6 Å². The Morgan fingerprint density at radius 1 is 1.38 bits per heavy atom. The molecular formula is C11H20O4S. The molecule has 4 nitrogen and oxygen atoms in total. The van der Waals surface area contributed by atoms with Gasteiger partial charge in [0.2, 0.25) is 0 Å². The molecule has 0 spiro atoms. The second-order valence-corrected chi connectivity index (χ2v) is 7.41. The van der Waals surface area contributed by atoms with E-state index in [1.165, 1.54) is 0 Å². The minimum absolute atomic E-state index is 0.0202. The quantitative estimate of drug-likeness (QED) is 0.822. The average Bonchev–Trinajstić information content (AvgIpc) is 2.16. The first-order chi connectivity index (χ1) is 7.25. The normalized spacial score (nSPS) is 31.2. The Kier molecular flexibility index (Phi) is 3.99. The second-order valence-electron chi connectivity index (χ2n) is 5.15. The van der Waals surface area contributed by atoms with Crippen molar-refractivity contribution in [2.24, 2.45) is 11.3 Å². The zero-order chi connectivity index (χ0) is 12.4. The summed E-state index contributed by atoms with van der Waals surface area (Å²) in [7, 11) is -3.07. The number of aliphatic carboxylic acids is 1. The van der Waals surface area contributed by atoms with Gasteiger partial charge in [-0.3, -0.25) is 4.79 Å². The van der Waals surface area contributed by atoms with E-state index in [1.54, 1.807) is 0 Å². The lowest BCUT2D eigenvalue weighted by atomic mass is 9.69. The first kappa shape index (κ1) is 13.5. The van der Waals surface area contributed by atoms with Crippen LogP contribution in [0.25, 0.3) is 0 Å². The molecule has 0 unspecified atom stereocenters. The fourth-order valence-corrected chi connectivity index (χ4v) is 3.03. The van der Waals surface area contributed by atoms with Crippen molar-refractivity contribution >= 4 is 15.8 Å². The minimum atomic E-state index is -3.07. The van der Waals surface area contributed by atoms with E-state index in [2.05, 4.69) is 6.92 Å². The monoisotopic (exact) mass is 248 g/mol. The van der Waals surface area contributed by atoms with Crippen molar-refractivity contribution in [3.05, 3.63) is 0 Å². The number of hydrogen-bond donors (Lipinski definition) is 1. The number of carbonyl (C=O) groups is 1. The fourth-order valence-electron chi connectivity index (χ4n) is 2.27. The van der Waals surface area contributed by atoms with E-state index in [0.717, 1.165) is 19.1 Å². The maximum atomic E-state index is 11.3. The smallest absolute Gasteiger partial charge is 0.309 e. The third kappa shape index (κ3) is 3.47. The van der Waals surface area contributed by atoms with Crippen LogP contribution in [-0.4, -0.2) is 31.5 Å². The summed E-state index contributed by atoms with van der Waals surface area (Å²) in [5, 5.41) is 9.28. The van der Waals surface area contributed by atoms with E-state index >= 15 is 0 Å². The summed E-state index contributed by atoms with van der Waals surface area (Å²) in [6.07, 6.45) is 4.41. The highest BCUT2D eigenvalue weighted by Crippen LogP contribution is 2.41. The molecule has 16 heavy (non-hydrogen) atoms. The molecular weight excluding hydrogens is 228 g/mol. The van der Waals surface area contributed by atoms with Gasteiger partial charge in [-0.05, 0) is 38.0 Å². The van der Waals surface area contributed by atoms with Crippen molar-refractivity contribution in [3.63, 3.8) is 0 Å². The summed E-state index contributed by atoms with van der Waals surface area (Å²) in [4.78, 5) is 11.3.